The monoisotopic (exact) mass is 498 g/mol. The largest absolute Gasteiger partial charge is 0.334 e. The van der Waals surface area contributed by atoms with Gasteiger partial charge in [0.2, 0.25) is 15.9 Å². The Bertz CT molecular complexity index is 1050. The van der Waals surface area contributed by atoms with E-state index in [9.17, 15) is 18.0 Å². The summed E-state index contributed by atoms with van der Waals surface area (Å²) in [5.41, 5.74) is 0.916. The summed E-state index contributed by atoms with van der Waals surface area (Å²) in [6.07, 6.45) is 0. The van der Waals surface area contributed by atoms with Crippen LogP contribution in [0.4, 0.5) is 4.79 Å². The summed E-state index contributed by atoms with van der Waals surface area (Å²) in [5, 5.41) is 5.10. The zero-order valence-electron chi connectivity index (χ0n) is 17.4. The molecule has 32 heavy (non-hydrogen) atoms. The Labute approximate surface area is 197 Å². The van der Waals surface area contributed by atoms with Crippen LogP contribution in [0, 0.1) is 0 Å². The number of hydrogen-bond acceptors (Lipinski definition) is 5. The summed E-state index contributed by atoms with van der Waals surface area (Å²) in [6.45, 7) is 2.96. The van der Waals surface area contributed by atoms with E-state index in [1.807, 2.05) is 35.2 Å². The van der Waals surface area contributed by atoms with Crippen LogP contribution < -0.4 is 10.6 Å². The smallest absolute Gasteiger partial charge is 0.321 e. The molecule has 0 bridgehead atoms. The highest BCUT2D eigenvalue weighted by molar-refractivity contribution is 7.89. The van der Waals surface area contributed by atoms with Gasteiger partial charge in [-0.1, -0.05) is 59.6 Å². The molecule has 3 amide bonds. The van der Waals surface area contributed by atoms with Gasteiger partial charge in [0.15, 0.2) is 0 Å². The number of amides is 3. The second-order valence-corrected chi connectivity index (χ2v) is 10.0. The molecule has 1 aliphatic heterocycles. The van der Waals surface area contributed by atoms with Gasteiger partial charge in [0.25, 0.3) is 0 Å². The summed E-state index contributed by atoms with van der Waals surface area (Å²) in [7, 11) is -3.87. The second kappa shape index (κ2) is 10.6. The van der Waals surface area contributed by atoms with Crippen LogP contribution in [0.1, 0.15) is 12.5 Å². The molecule has 1 saturated heterocycles. The fourth-order valence-corrected chi connectivity index (χ4v) is 5.91. The molecule has 3 rings (SSSR count). The molecule has 1 heterocycles. The number of carbonyl (C=O) groups excluding carboxylic acids is 2. The van der Waals surface area contributed by atoms with Crippen molar-refractivity contribution in [2.75, 3.05) is 26.2 Å². The van der Waals surface area contributed by atoms with E-state index in [1.165, 1.54) is 16.4 Å². The number of benzene rings is 2. The van der Waals surface area contributed by atoms with Gasteiger partial charge in [-0.3, -0.25) is 15.0 Å². The molecule has 0 spiro atoms. The highest BCUT2D eigenvalue weighted by Gasteiger charge is 2.34. The third kappa shape index (κ3) is 5.79. The molecule has 0 aromatic heterocycles. The molecule has 1 atom stereocenters. The van der Waals surface area contributed by atoms with Crippen molar-refractivity contribution < 1.29 is 18.0 Å². The standard InChI is InChI=1S/C21H24Cl2N4O4S/c1-15(20(28)25-21(29)24-14-16-6-3-2-4-7-16)26-10-12-27(13-11-26)32(30,31)19-17(22)8-5-9-18(19)23/h2-9,15H,10-14H2,1H3,(H2,24,25,28,29). The van der Waals surface area contributed by atoms with E-state index in [0.717, 1.165) is 5.56 Å². The summed E-state index contributed by atoms with van der Waals surface area (Å²) in [6, 6.07) is 12.7. The maximum atomic E-state index is 13.0. The molecule has 1 fully saturated rings. The van der Waals surface area contributed by atoms with E-state index in [0.29, 0.717) is 19.6 Å². The van der Waals surface area contributed by atoms with E-state index in [1.54, 1.807) is 13.0 Å². The first-order valence-corrected chi connectivity index (χ1v) is 12.2. The summed E-state index contributed by atoms with van der Waals surface area (Å²) >= 11 is 12.2. The lowest BCUT2D eigenvalue weighted by Gasteiger charge is -2.36. The van der Waals surface area contributed by atoms with Crippen LogP contribution in [0.25, 0.3) is 0 Å². The molecular formula is C21H24Cl2N4O4S. The summed E-state index contributed by atoms with van der Waals surface area (Å²) in [5.74, 6) is -0.457. The van der Waals surface area contributed by atoms with Gasteiger partial charge in [-0.05, 0) is 24.6 Å². The average molecular weight is 499 g/mol. The van der Waals surface area contributed by atoms with Crippen LogP contribution in [-0.2, 0) is 21.4 Å². The number of hydrogen-bond donors (Lipinski definition) is 2. The SMILES string of the molecule is CC(C(=O)NC(=O)NCc1ccccc1)N1CCN(S(=O)(=O)c2c(Cl)cccc2Cl)CC1. The number of halogens is 2. The molecule has 0 saturated carbocycles. The molecule has 1 aliphatic rings. The number of carbonyl (C=O) groups is 2. The van der Waals surface area contributed by atoms with E-state index >= 15 is 0 Å². The Balaban J connectivity index is 1.53. The fraction of sp³-hybridized carbons (Fsp3) is 0.333. The minimum Gasteiger partial charge on any atom is -0.334 e. The zero-order chi connectivity index (χ0) is 23.3. The molecule has 0 aliphatic carbocycles. The van der Waals surface area contributed by atoms with Crippen molar-refractivity contribution in [3.05, 3.63) is 64.1 Å². The average Bonchev–Trinajstić information content (AvgIpc) is 2.77. The van der Waals surface area contributed by atoms with Gasteiger partial charge in [0, 0.05) is 32.7 Å². The van der Waals surface area contributed by atoms with Gasteiger partial charge in [-0.25, -0.2) is 13.2 Å². The Hall–Kier alpha value is -2.17. The number of rotatable bonds is 6. The molecule has 2 N–H and O–H groups in total. The third-order valence-corrected chi connectivity index (χ3v) is 8.10. The van der Waals surface area contributed by atoms with Crippen LogP contribution in [0.2, 0.25) is 10.0 Å². The second-order valence-electron chi connectivity index (χ2n) is 7.32. The van der Waals surface area contributed by atoms with Gasteiger partial charge in [0.05, 0.1) is 16.1 Å². The van der Waals surface area contributed by atoms with Gasteiger partial charge < -0.3 is 5.32 Å². The number of imide groups is 1. The first-order valence-electron chi connectivity index (χ1n) is 10.0. The minimum atomic E-state index is -3.87. The third-order valence-electron chi connectivity index (χ3n) is 5.25. The maximum Gasteiger partial charge on any atom is 0.321 e. The molecular weight excluding hydrogens is 475 g/mol. The predicted molar refractivity (Wildman–Crippen MR) is 123 cm³/mol. The van der Waals surface area contributed by atoms with Crippen LogP contribution in [0.5, 0.6) is 0 Å². The van der Waals surface area contributed by atoms with E-state index in [4.69, 9.17) is 23.2 Å². The minimum absolute atomic E-state index is 0.0641. The Morgan fingerprint density at radius 1 is 0.969 bits per heavy atom. The van der Waals surface area contributed by atoms with Gasteiger partial charge in [-0.15, -0.1) is 0 Å². The number of sulfonamides is 1. The van der Waals surface area contributed by atoms with E-state index in [-0.39, 0.29) is 28.0 Å². The summed E-state index contributed by atoms with van der Waals surface area (Å²) in [4.78, 5) is 26.2. The predicted octanol–water partition coefficient (Wildman–Crippen LogP) is 2.71. The molecule has 1 unspecified atom stereocenters. The summed E-state index contributed by atoms with van der Waals surface area (Å²) < 4.78 is 27.3. The zero-order valence-corrected chi connectivity index (χ0v) is 19.8. The topological polar surface area (TPSA) is 98.8 Å². The van der Waals surface area contributed by atoms with Crippen LogP contribution >= 0.6 is 23.2 Å². The maximum absolute atomic E-state index is 13.0. The molecule has 0 radical (unpaired) electrons. The lowest BCUT2D eigenvalue weighted by Crippen LogP contribution is -2.56. The van der Waals surface area contributed by atoms with Crippen LogP contribution in [-0.4, -0.2) is 61.8 Å². The number of nitrogens with one attached hydrogen (secondary N) is 2. The van der Waals surface area contributed by atoms with Crippen molar-refractivity contribution in [3.8, 4) is 0 Å². The Kier molecular flexibility index (Phi) is 8.13. The van der Waals surface area contributed by atoms with Crippen molar-refractivity contribution in [2.24, 2.45) is 0 Å². The lowest BCUT2D eigenvalue weighted by atomic mass is 10.2. The molecule has 2 aromatic carbocycles. The van der Waals surface area contributed by atoms with Gasteiger partial charge >= 0.3 is 6.03 Å². The quantitative estimate of drug-likeness (QED) is 0.637. The fourth-order valence-electron chi connectivity index (χ4n) is 3.39. The van der Waals surface area contributed by atoms with Crippen LogP contribution in [0.3, 0.4) is 0 Å². The normalized spacial score (nSPS) is 16.3. The molecule has 172 valence electrons. The highest BCUT2D eigenvalue weighted by atomic mass is 35.5. The van der Waals surface area contributed by atoms with Crippen molar-refractivity contribution >= 4 is 45.2 Å². The molecule has 11 heteroatoms. The van der Waals surface area contributed by atoms with Crippen molar-refractivity contribution in [3.63, 3.8) is 0 Å². The van der Waals surface area contributed by atoms with Gasteiger partial charge in [0.1, 0.15) is 4.90 Å². The molecule has 8 nitrogen and oxygen atoms in total. The first-order chi connectivity index (χ1) is 15.2. The number of piperazine rings is 1. The van der Waals surface area contributed by atoms with E-state index < -0.39 is 28.0 Å². The molecule has 2 aromatic rings. The van der Waals surface area contributed by atoms with E-state index in [2.05, 4.69) is 10.6 Å². The Morgan fingerprint density at radius 3 is 2.16 bits per heavy atom. The highest BCUT2D eigenvalue weighted by Crippen LogP contribution is 2.32. The van der Waals surface area contributed by atoms with Crippen LogP contribution in [0.15, 0.2) is 53.4 Å². The Morgan fingerprint density at radius 2 is 1.56 bits per heavy atom. The van der Waals surface area contributed by atoms with Crippen molar-refractivity contribution in [1.29, 1.82) is 0 Å². The van der Waals surface area contributed by atoms with Crippen molar-refractivity contribution in [1.82, 2.24) is 19.8 Å². The van der Waals surface area contributed by atoms with Gasteiger partial charge in [-0.2, -0.15) is 4.31 Å². The number of nitrogens with zero attached hydrogens (tertiary/aromatic N) is 2. The van der Waals surface area contributed by atoms with Crippen molar-refractivity contribution in [2.45, 2.75) is 24.4 Å². The lowest BCUT2D eigenvalue weighted by molar-refractivity contribution is -0.125. The first kappa shape index (κ1) is 24.5. The number of urea groups is 1.